The van der Waals surface area contributed by atoms with Crippen LogP contribution >= 0.6 is 0 Å². The van der Waals surface area contributed by atoms with Gasteiger partial charge in [0.2, 0.25) is 11.8 Å². The number of aryl methyl sites for hydroxylation is 2. The molecule has 1 unspecified atom stereocenters. The van der Waals surface area contributed by atoms with E-state index in [1.807, 2.05) is 30.5 Å². The van der Waals surface area contributed by atoms with Crippen molar-refractivity contribution in [2.75, 3.05) is 0 Å². The molecule has 0 saturated carbocycles. The molecule has 3 rings (SSSR count). The Hall–Kier alpha value is -2.17. The molecule has 1 aromatic heterocycles. The van der Waals surface area contributed by atoms with E-state index in [1.54, 1.807) is 6.33 Å². The van der Waals surface area contributed by atoms with E-state index in [2.05, 4.69) is 10.3 Å². The smallest absolute Gasteiger partial charge is 0.249 e. The molecule has 1 saturated heterocycles. The Morgan fingerprint density at radius 2 is 2.00 bits per heavy atom. The van der Waals surface area contributed by atoms with Crippen LogP contribution in [0.5, 0.6) is 0 Å². The fourth-order valence-corrected chi connectivity index (χ4v) is 2.48. The van der Waals surface area contributed by atoms with E-state index in [1.165, 1.54) is 11.1 Å². The monoisotopic (exact) mass is 257 g/mol. The van der Waals surface area contributed by atoms with Crippen LogP contribution in [-0.4, -0.2) is 21.4 Å². The first-order chi connectivity index (χ1) is 9.06. The van der Waals surface area contributed by atoms with Crippen LogP contribution in [0.15, 0.2) is 18.5 Å². The fourth-order valence-electron chi connectivity index (χ4n) is 2.48. The Kier molecular flexibility index (Phi) is 2.62. The van der Waals surface area contributed by atoms with E-state index >= 15 is 0 Å². The summed E-state index contributed by atoms with van der Waals surface area (Å²) in [6.07, 6.45) is 2.59. The molecule has 1 fully saturated rings. The summed E-state index contributed by atoms with van der Waals surface area (Å²) in [4.78, 5) is 27.5. The first kappa shape index (κ1) is 11.9. The van der Waals surface area contributed by atoms with E-state index in [-0.39, 0.29) is 17.9 Å². The number of nitrogens with one attached hydrogen (secondary N) is 1. The third kappa shape index (κ3) is 1.91. The van der Waals surface area contributed by atoms with Crippen LogP contribution in [0.3, 0.4) is 0 Å². The van der Waals surface area contributed by atoms with Gasteiger partial charge in [0.15, 0.2) is 0 Å². The number of hydrogen-bond donors (Lipinski definition) is 1. The van der Waals surface area contributed by atoms with Crippen molar-refractivity contribution >= 4 is 22.8 Å². The third-order valence-electron chi connectivity index (χ3n) is 3.74. The highest BCUT2D eigenvalue weighted by Crippen LogP contribution is 2.25. The predicted molar refractivity (Wildman–Crippen MR) is 70.6 cm³/mol. The number of nitrogens with zero attached hydrogens (tertiary/aromatic N) is 2. The number of hydrogen-bond acceptors (Lipinski definition) is 3. The van der Waals surface area contributed by atoms with Gasteiger partial charge in [-0.1, -0.05) is 0 Å². The molecule has 2 heterocycles. The van der Waals surface area contributed by atoms with Crippen molar-refractivity contribution < 1.29 is 9.59 Å². The van der Waals surface area contributed by atoms with Crippen molar-refractivity contribution in [2.24, 2.45) is 0 Å². The number of rotatable bonds is 1. The minimum Gasteiger partial charge on any atom is -0.318 e. The zero-order valence-electron chi connectivity index (χ0n) is 10.9. The molecular weight excluding hydrogens is 242 g/mol. The van der Waals surface area contributed by atoms with E-state index in [0.29, 0.717) is 12.8 Å². The zero-order valence-corrected chi connectivity index (χ0v) is 10.9. The molecule has 0 radical (unpaired) electrons. The molecular formula is C14H15N3O2. The van der Waals surface area contributed by atoms with Gasteiger partial charge in [-0.05, 0) is 43.5 Å². The normalized spacial score (nSPS) is 19.8. The maximum atomic E-state index is 11.9. The van der Waals surface area contributed by atoms with Gasteiger partial charge in [-0.25, -0.2) is 4.98 Å². The zero-order chi connectivity index (χ0) is 13.6. The van der Waals surface area contributed by atoms with Crippen molar-refractivity contribution in [1.29, 1.82) is 0 Å². The van der Waals surface area contributed by atoms with Crippen LogP contribution in [0.2, 0.25) is 0 Å². The van der Waals surface area contributed by atoms with Gasteiger partial charge in [-0.3, -0.25) is 14.9 Å². The summed E-state index contributed by atoms with van der Waals surface area (Å²) in [6, 6.07) is 3.72. The topological polar surface area (TPSA) is 64.0 Å². The van der Waals surface area contributed by atoms with Crippen molar-refractivity contribution in [3.63, 3.8) is 0 Å². The minimum atomic E-state index is -0.343. The second-order valence-electron chi connectivity index (χ2n) is 5.04. The van der Waals surface area contributed by atoms with Gasteiger partial charge >= 0.3 is 0 Å². The summed E-state index contributed by atoms with van der Waals surface area (Å²) in [5, 5.41) is 2.38. The summed E-state index contributed by atoms with van der Waals surface area (Å²) in [6.45, 7) is 4.08. The molecule has 1 N–H and O–H groups in total. The van der Waals surface area contributed by atoms with E-state index < -0.39 is 0 Å². The van der Waals surface area contributed by atoms with Gasteiger partial charge in [0, 0.05) is 6.42 Å². The first-order valence-electron chi connectivity index (χ1n) is 6.34. The number of imide groups is 1. The number of fused-ring (bicyclic) bond motifs is 1. The summed E-state index contributed by atoms with van der Waals surface area (Å²) < 4.78 is 1.86. The number of carbonyl (C=O) groups is 2. The highest BCUT2D eigenvalue weighted by atomic mass is 16.2. The Balaban J connectivity index is 2.08. The molecule has 98 valence electrons. The maximum absolute atomic E-state index is 11.9. The average molecular weight is 257 g/mol. The summed E-state index contributed by atoms with van der Waals surface area (Å²) in [7, 11) is 0. The Morgan fingerprint density at radius 3 is 2.74 bits per heavy atom. The van der Waals surface area contributed by atoms with Crippen molar-refractivity contribution in [3.05, 3.63) is 29.6 Å². The number of amides is 2. The Morgan fingerprint density at radius 1 is 1.26 bits per heavy atom. The van der Waals surface area contributed by atoms with Gasteiger partial charge in [0.1, 0.15) is 6.04 Å². The molecule has 5 heteroatoms. The highest BCUT2D eigenvalue weighted by Gasteiger charge is 2.28. The molecule has 0 spiro atoms. The Labute approximate surface area is 110 Å². The lowest BCUT2D eigenvalue weighted by molar-refractivity contribution is -0.135. The van der Waals surface area contributed by atoms with Crippen molar-refractivity contribution in [1.82, 2.24) is 14.9 Å². The maximum Gasteiger partial charge on any atom is 0.249 e. The summed E-state index contributed by atoms with van der Waals surface area (Å²) in [5.74, 6) is -0.438. The number of imidazole rings is 1. The molecule has 0 aliphatic carbocycles. The molecule has 0 bridgehead atoms. The number of carbonyl (C=O) groups excluding carboxylic acids is 2. The van der Waals surface area contributed by atoms with Crippen LogP contribution in [0.4, 0.5) is 0 Å². The van der Waals surface area contributed by atoms with Crippen LogP contribution in [0.1, 0.15) is 30.0 Å². The van der Waals surface area contributed by atoms with E-state index in [0.717, 1.165) is 11.0 Å². The van der Waals surface area contributed by atoms with Gasteiger partial charge < -0.3 is 4.57 Å². The largest absolute Gasteiger partial charge is 0.318 e. The lowest BCUT2D eigenvalue weighted by Crippen LogP contribution is -2.41. The summed E-state index contributed by atoms with van der Waals surface area (Å²) >= 11 is 0. The molecule has 1 aliphatic rings. The molecule has 1 atom stereocenters. The molecule has 2 aromatic rings. The number of benzene rings is 1. The fraction of sp³-hybridized carbons (Fsp3) is 0.357. The summed E-state index contributed by atoms with van der Waals surface area (Å²) in [5.41, 5.74) is 4.17. The molecule has 19 heavy (non-hydrogen) atoms. The van der Waals surface area contributed by atoms with Crippen LogP contribution in [0.25, 0.3) is 11.0 Å². The molecule has 2 amide bonds. The highest BCUT2D eigenvalue weighted by molar-refractivity contribution is 6.00. The SMILES string of the molecule is Cc1cc2ncn(C3CCC(=O)NC3=O)c2cc1C. The minimum absolute atomic E-state index is 0.197. The number of piperidine rings is 1. The number of aromatic nitrogens is 2. The standard InChI is InChI=1S/C14H15N3O2/c1-8-5-10-12(6-9(8)2)17(7-15-10)11-3-4-13(18)16-14(11)19/h5-7,11H,3-4H2,1-2H3,(H,16,18,19). The molecule has 5 nitrogen and oxygen atoms in total. The predicted octanol–water partition coefficient (Wildman–Crippen LogP) is 1.63. The van der Waals surface area contributed by atoms with Crippen LogP contribution in [-0.2, 0) is 9.59 Å². The van der Waals surface area contributed by atoms with Crippen molar-refractivity contribution in [3.8, 4) is 0 Å². The molecule has 1 aromatic carbocycles. The van der Waals surface area contributed by atoms with Gasteiger partial charge in [0.05, 0.1) is 17.4 Å². The lowest BCUT2D eigenvalue weighted by atomic mass is 10.0. The second kappa shape index (κ2) is 4.19. The van der Waals surface area contributed by atoms with Crippen molar-refractivity contribution in [2.45, 2.75) is 32.7 Å². The molecule has 1 aliphatic heterocycles. The Bertz CT molecular complexity index is 687. The third-order valence-corrected chi connectivity index (χ3v) is 3.74. The average Bonchev–Trinajstić information content (AvgIpc) is 2.73. The van der Waals surface area contributed by atoms with E-state index in [9.17, 15) is 9.59 Å². The van der Waals surface area contributed by atoms with Gasteiger partial charge in [-0.15, -0.1) is 0 Å². The van der Waals surface area contributed by atoms with Gasteiger partial charge in [-0.2, -0.15) is 0 Å². The lowest BCUT2D eigenvalue weighted by Gasteiger charge is -2.22. The van der Waals surface area contributed by atoms with E-state index in [4.69, 9.17) is 0 Å². The van der Waals surface area contributed by atoms with Crippen LogP contribution in [0, 0.1) is 13.8 Å². The van der Waals surface area contributed by atoms with Crippen LogP contribution < -0.4 is 5.32 Å². The van der Waals surface area contributed by atoms with Gasteiger partial charge in [0.25, 0.3) is 0 Å². The second-order valence-corrected chi connectivity index (χ2v) is 5.04. The quantitative estimate of drug-likeness (QED) is 0.790. The first-order valence-corrected chi connectivity index (χ1v) is 6.34.